The van der Waals surface area contributed by atoms with Crippen molar-refractivity contribution in [2.75, 3.05) is 6.54 Å². The fraction of sp³-hybridized carbons (Fsp3) is 0.308. The Morgan fingerprint density at radius 2 is 2.30 bits per heavy atom. The lowest BCUT2D eigenvalue weighted by Gasteiger charge is -1.98. The van der Waals surface area contributed by atoms with Gasteiger partial charge in [0.1, 0.15) is 0 Å². The summed E-state index contributed by atoms with van der Waals surface area (Å²) in [6.07, 6.45) is 0.724. The maximum atomic E-state index is 10.3. The minimum atomic E-state index is -0.790. The molecular formula is C13H14BrN3O3. The molecule has 20 heavy (non-hydrogen) atoms. The molecule has 0 fully saturated rings. The Hall–Kier alpha value is -1.73. The van der Waals surface area contributed by atoms with Crippen molar-refractivity contribution < 1.29 is 14.4 Å². The van der Waals surface area contributed by atoms with E-state index in [1.165, 1.54) is 0 Å². The van der Waals surface area contributed by atoms with Gasteiger partial charge < -0.3 is 14.9 Å². The maximum Gasteiger partial charge on any atom is 0.303 e. The summed E-state index contributed by atoms with van der Waals surface area (Å²) in [5.74, 6) is 0.227. The highest BCUT2D eigenvalue weighted by molar-refractivity contribution is 9.10. The van der Waals surface area contributed by atoms with Gasteiger partial charge in [0.15, 0.2) is 0 Å². The predicted octanol–water partition coefficient (Wildman–Crippen LogP) is 2.45. The number of hydrogen-bond acceptors (Lipinski definition) is 5. The first-order valence-corrected chi connectivity index (χ1v) is 6.95. The first kappa shape index (κ1) is 14.7. The van der Waals surface area contributed by atoms with Gasteiger partial charge in [0.25, 0.3) is 0 Å². The number of carboxylic acid groups (broad SMARTS) is 1. The number of carbonyl (C=O) groups is 1. The van der Waals surface area contributed by atoms with Crippen molar-refractivity contribution in [3.63, 3.8) is 0 Å². The van der Waals surface area contributed by atoms with Crippen molar-refractivity contribution in [1.82, 2.24) is 15.5 Å². The molecule has 0 aliphatic rings. The number of aromatic nitrogens is 2. The molecule has 0 unspecified atom stereocenters. The van der Waals surface area contributed by atoms with Crippen LogP contribution in [0.2, 0.25) is 0 Å². The lowest BCUT2D eigenvalue weighted by molar-refractivity contribution is -0.137. The molecule has 0 bridgehead atoms. The van der Waals surface area contributed by atoms with E-state index >= 15 is 0 Å². The van der Waals surface area contributed by atoms with Gasteiger partial charge in [-0.1, -0.05) is 33.2 Å². The molecule has 2 aromatic rings. The minimum Gasteiger partial charge on any atom is -0.481 e. The summed E-state index contributed by atoms with van der Waals surface area (Å²) in [5.41, 5.74) is 0.875. The molecule has 0 spiro atoms. The van der Waals surface area contributed by atoms with Crippen LogP contribution in [0.25, 0.3) is 11.4 Å². The predicted molar refractivity (Wildman–Crippen MR) is 76.0 cm³/mol. The Kier molecular flexibility index (Phi) is 5.25. The molecule has 0 atom stereocenters. The van der Waals surface area contributed by atoms with Crippen LogP contribution in [0.15, 0.2) is 33.3 Å². The van der Waals surface area contributed by atoms with Crippen molar-refractivity contribution in [1.29, 1.82) is 0 Å². The van der Waals surface area contributed by atoms with Gasteiger partial charge in [-0.25, -0.2) is 0 Å². The molecule has 0 amide bonds. The molecule has 106 valence electrons. The number of rotatable bonds is 7. The SMILES string of the molecule is O=C(O)CCCNCc1nc(-c2cccc(Br)c2)no1. The van der Waals surface area contributed by atoms with E-state index in [0.717, 1.165) is 10.0 Å². The number of halogens is 1. The Labute approximate surface area is 124 Å². The van der Waals surface area contributed by atoms with Crippen LogP contribution in [0.1, 0.15) is 18.7 Å². The molecule has 0 radical (unpaired) electrons. The van der Waals surface area contributed by atoms with Crippen molar-refractivity contribution >= 4 is 21.9 Å². The first-order chi connectivity index (χ1) is 9.65. The van der Waals surface area contributed by atoms with Crippen LogP contribution in [0.3, 0.4) is 0 Å². The van der Waals surface area contributed by atoms with Crippen LogP contribution in [-0.4, -0.2) is 27.8 Å². The molecule has 6 nitrogen and oxygen atoms in total. The van der Waals surface area contributed by atoms with Crippen molar-refractivity contribution in [2.45, 2.75) is 19.4 Å². The summed E-state index contributed by atoms with van der Waals surface area (Å²) in [6, 6.07) is 7.64. The van der Waals surface area contributed by atoms with Crippen LogP contribution >= 0.6 is 15.9 Å². The highest BCUT2D eigenvalue weighted by Crippen LogP contribution is 2.20. The second-order valence-electron chi connectivity index (χ2n) is 4.20. The van der Waals surface area contributed by atoms with Crippen LogP contribution in [-0.2, 0) is 11.3 Å². The average molecular weight is 340 g/mol. The van der Waals surface area contributed by atoms with Crippen LogP contribution in [0.4, 0.5) is 0 Å². The molecule has 7 heteroatoms. The zero-order chi connectivity index (χ0) is 14.4. The van der Waals surface area contributed by atoms with E-state index in [1.807, 2.05) is 24.3 Å². The van der Waals surface area contributed by atoms with Crippen molar-refractivity contribution in [3.8, 4) is 11.4 Å². The first-order valence-electron chi connectivity index (χ1n) is 6.16. The summed E-state index contributed by atoms with van der Waals surface area (Å²) in [5, 5.41) is 15.5. The second kappa shape index (κ2) is 7.16. The molecule has 0 aliphatic heterocycles. The van der Waals surface area contributed by atoms with E-state index in [0.29, 0.717) is 31.2 Å². The molecule has 2 rings (SSSR count). The molecule has 1 heterocycles. The Balaban J connectivity index is 1.85. The quantitative estimate of drug-likeness (QED) is 0.753. The topological polar surface area (TPSA) is 88.2 Å². The van der Waals surface area contributed by atoms with Crippen LogP contribution in [0.5, 0.6) is 0 Å². The van der Waals surface area contributed by atoms with Gasteiger partial charge in [0.05, 0.1) is 6.54 Å². The van der Waals surface area contributed by atoms with Crippen molar-refractivity contribution in [2.24, 2.45) is 0 Å². The van der Waals surface area contributed by atoms with Gasteiger partial charge in [-0.2, -0.15) is 4.98 Å². The van der Waals surface area contributed by atoms with Gasteiger partial charge >= 0.3 is 5.97 Å². The monoisotopic (exact) mass is 339 g/mol. The Bertz CT molecular complexity index is 586. The van der Waals surface area contributed by atoms with Crippen LogP contribution in [0, 0.1) is 0 Å². The van der Waals surface area contributed by atoms with E-state index in [9.17, 15) is 4.79 Å². The van der Waals surface area contributed by atoms with E-state index < -0.39 is 5.97 Å². The number of benzene rings is 1. The van der Waals surface area contributed by atoms with E-state index in [-0.39, 0.29) is 6.42 Å². The molecule has 1 aromatic carbocycles. The third-order valence-electron chi connectivity index (χ3n) is 2.57. The zero-order valence-corrected chi connectivity index (χ0v) is 12.3. The lowest BCUT2D eigenvalue weighted by Crippen LogP contribution is -2.15. The largest absolute Gasteiger partial charge is 0.481 e. The molecular weight excluding hydrogens is 326 g/mol. The normalized spacial score (nSPS) is 10.7. The number of nitrogens with zero attached hydrogens (tertiary/aromatic N) is 2. The average Bonchev–Trinajstić information content (AvgIpc) is 2.87. The standard InChI is InChI=1S/C13H14BrN3O3/c14-10-4-1-3-9(7-10)13-16-11(20-17-13)8-15-6-2-5-12(18)19/h1,3-4,7,15H,2,5-6,8H2,(H,18,19). The van der Waals surface area contributed by atoms with Gasteiger partial charge in [0.2, 0.25) is 11.7 Å². The number of nitrogens with one attached hydrogen (secondary N) is 1. The Morgan fingerprint density at radius 1 is 1.45 bits per heavy atom. The van der Waals surface area contributed by atoms with Gasteiger partial charge in [-0.3, -0.25) is 4.79 Å². The molecule has 0 aliphatic carbocycles. The summed E-state index contributed by atoms with van der Waals surface area (Å²) in [4.78, 5) is 14.6. The molecule has 0 saturated carbocycles. The number of carboxylic acids is 1. The van der Waals surface area contributed by atoms with E-state index in [1.54, 1.807) is 0 Å². The molecule has 2 N–H and O–H groups in total. The summed E-state index contributed by atoms with van der Waals surface area (Å²) < 4.78 is 6.08. The minimum absolute atomic E-state index is 0.153. The number of hydrogen-bond donors (Lipinski definition) is 2. The highest BCUT2D eigenvalue weighted by atomic mass is 79.9. The maximum absolute atomic E-state index is 10.3. The fourth-order valence-corrected chi connectivity index (χ4v) is 2.03. The molecule has 0 saturated heterocycles. The van der Waals surface area contributed by atoms with Gasteiger partial charge in [-0.05, 0) is 25.1 Å². The summed E-state index contributed by atoms with van der Waals surface area (Å²) in [6.45, 7) is 1.03. The lowest BCUT2D eigenvalue weighted by atomic mass is 10.2. The number of aliphatic carboxylic acids is 1. The Morgan fingerprint density at radius 3 is 3.05 bits per heavy atom. The van der Waals surface area contributed by atoms with E-state index in [2.05, 4.69) is 31.4 Å². The van der Waals surface area contributed by atoms with E-state index in [4.69, 9.17) is 9.63 Å². The highest BCUT2D eigenvalue weighted by Gasteiger charge is 2.08. The van der Waals surface area contributed by atoms with Crippen LogP contribution < -0.4 is 5.32 Å². The fourth-order valence-electron chi connectivity index (χ4n) is 1.63. The summed E-state index contributed by atoms with van der Waals surface area (Å²) >= 11 is 3.39. The zero-order valence-electron chi connectivity index (χ0n) is 10.7. The smallest absolute Gasteiger partial charge is 0.303 e. The van der Waals surface area contributed by atoms with Crippen molar-refractivity contribution in [3.05, 3.63) is 34.6 Å². The van der Waals surface area contributed by atoms with Gasteiger partial charge in [0, 0.05) is 16.5 Å². The third kappa shape index (κ3) is 4.43. The molecule has 1 aromatic heterocycles. The summed E-state index contributed by atoms with van der Waals surface area (Å²) in [7, 11) is 0. The third-order valence-corrected chi connectivity index (χ3v) is 3.06. The van der Waals surface area contributed by atoms with Gasteiger partial charge in [-0.15, -0.1) is 0 Å². The second-order valence-corrected chi connectivity index (χ2v) is 5.11.